The number of carboxylic acid groups (broad SMARTS) is 1. The molecule has 0 amide bonds. The molecule has 0 aliphatic carbocycles. The molecule has 1 N–H and O–H groups in total. The lowest BCUT2D eigenvalue weighted by Gasteiger charge is -2.15. The summed E-state index contributed by atoms with van der Waals surface area (Å²) in [5, 5.41) is 8.50. The monoisotopic (exact) mass is 348 g/mol. The fourth-order valence-corrected chi connectivity index (χ4v) is 4.25. The molecule has 0 fully saturated rings. The van der Waals surface area contributed by atoms with Crippen molar-refractivity contribution >= 4 is 31.7 Å². The lowest BCUT2D eigenvalue weighted by Crippen LogP contribution is -2.19. The predicted octanol–water partition coefficient (Wildman–Crippen LogP) is 3.42. The van der Waals surface area contributed by atoms with Crippen LogP contribution in [0.15, 0.2) is 21.5 Å². The van der Waals surface area contributed by atoms with Gasteiger partial charge in [0.1, 0.15) is 0 Å². The molecule has 1 aromatic carbocycles. The molecule has 0 saturated heterocycles. The van der Waals surface area contributed by atoms with E-state index in [2.05, 4.69) is 15.9 Å². The van der Waals surface area contributed by atoms with Gasteiger partial charge in [0, 0.05) is 4.47 Å². The van der Waals surface area contributed by atoms with Crippen molar-refractivity contribution in [2.45, 2.75) is 43.8 Å². The molecule has 0 spiro atoms. The van der Waals surface area contributed by atoms with Crippen molar-refractivity contribution in [1.82, 2.24) is 0 Å². The fourth-order valence-electron chi connectivity index (χ4n) is 1.85. The number of rotatable bonds is 5. The Balaban J connectivity index is 3.45. The first-order chi connectivity index (χ1) is 8.71. The highest BCUT2D eigenvalue weighted by molar-refractivity contribution is 9.10. The number of sulfone groups is 1. The summed E-state index contributed by atoms with van der Waals surface area (Å²) in [6.07, 6.45) is 1.32. The van der Waals surface area contributed by atoms with Crippen molar-refractivity contribution < 1.29 is 18.3 Å². The minimum atomic E-state index is -3.50. The molecule has 0 heterocycles. The highest BCUT2D eigenvalue weighted by Crippen LogP contribution is 2.29. The summed E-state index contributed by atoms with van der Waals surface area (Å²) >= 11 is 3.22. The molecule has 1 aromatic rings. The number of halogens is 1. The second kappa shape index (κ2) is 6.05. The van der Waals surface area contributed by atoms with Gasteiger partial charge in [0.05, 0.1) is 15.7 Å². The molecule has 0 aliphatic heterocycles. The molecule has 19 heavy (non-hydrogen) atoms. The fraction of sp³-hybridized carbons (Fsp3) is 0.462. The van der Waals surface area contributed by atoms with Crippen LogP contribution in [0.1, 0.15) is 42.6 Å². The van der Waals surface area contributed by atoms with Gasteiger partial charge in [-0.05, 0) is 38.0 Å². The summed E-state index contributed by atoms with van der Waals surface area (Å²) in [5.74, 6) is -1.14. The van der Waals surface area contributed by atoms with Gasteiger partial charge in [-0.2, -0.15) is 0 Å². The van der Waals surface area contributed by atoms with E-state index in [0.717, 1.165) is 6.42 Å². The molecule has 0 bridgehead atoms. The van der Waals surface area contributed by atoms with Crippen LogP contribution >= 0.6 is 15.9 Å². The van der Waals surface area contributed by atoms with Crippen LogP contribution in [-0.4, -0.2) is 24.7 Å². The predicted molar refractivity (Wildman–Crippen MR) is 77.4 cm³/mol. The first-order valence-corrected chi connectivity index (χ1v) is 8.33. The van der Waals surface area contributed by atoms with Crippen LogP contribution < -0.4 is 0 Å². The maximum absolute atomic E-state index is 12.5. The van der Waals surface area contributed by atoms with E-state index >= 15 is 0 Å². The molecule has 106 valence electrons. The van der Waals surface area contributed by atoms with Crippen molar-refractivity contribution in [3.63, 3.8) is 0 Å². The molecule has 0 aromatic heterocycles. The Labute approximate surface area is 121 Å². The van der Waals surface area contributed by atoms with Gasteiger partial charge in [0.25, 0.3) is 0 Å². The Morgan fingerprint density at radius 2 is 2.00 bits per heavy atom. The second-order valence-corrected chi connectivity index (χ2v) is 7.72. The molecule has 0 saturated carbocycles. The van der Waals surface area contributed by atoms with Gasteiger partial charge in [-0.3, -0.25) is 0 Å². The summed E-state index contributed by atoms with van der Waals surface area (Å²) < 4.78 is 25.4. The number of benzene rings is 1. The molecule has 6 heteroatoms. The first kappa shape index (κ1) is 16.2. The van der Waals surface area contributed by atoms with E-state index in [1.165, 1.54) is 12.1 Å². The Bertz CT molecular complexity index is 593. The summed E-state index contributed by atoms with van der Waals surface area (Å²) in [6.45, 7) is 5.24. The van der Waals surface area contributed by atoms with E-state index in [1.807, 2.05) is 6.92 Å². The largest absolute Gasteiger partial charge is 0.478 e. The molecule has 0 aliphatic rings. The highest BCUT2D eigenvalue weighted by Gasteiger charge is 2.26. The minimum Gasteiger partial charge on any atom is -0.478 e. The van der Waals surface area contributed by atoms with Crippen molar-refractivity contribution in [3.05, 3.63) is 27.7 Å². The summed E-state index contributed by atoms with van der Waals surface area (Å²) in [7, 11) is -3.50. The van der Waals surface area contributed by atoms with Gasteiger partial charge in [-0.1, -0.05) is 29.3 Å². The molecular formula is C13H17BrO4S. The smallest absolute Gasteiger partial charge is 0.335 e. The van der Waals surface area contributed by atoms with Gasteiger partial charge in [-0.15, -0.1) is 0 Å². The number of aromatic carboxylic acids is 1. The molecule has 1 atom stereocenters. The van der Waals surface area contributed by atoms with Gasteiger partial charge in [0.15, 0.2) is 9.84 Å². The van der Waals surface area contributed by atoms with Gasteiger partial charge >= 0.3 is 5.97 Å². The molecule has 1 unspecified atom stereocenters. The van der Waals surface area contributed by atoms with Crippen molar-refractivity contribution in [2.24, 2.45) is 0 Å². The third-order valence-corrected chi connectivity index (χ3v) is 6.23. The van der Waals surface area contributed by atoms with Crippen LogP contribution in [-0.2, 0) is 9.84 Å². The van der Waals surface area contributed by atoms with Crippen LogP contribution in [0.2, 0.25) is 0 Å². The Morgan fingerprint density at radius 1 is 1.42 bits per heavy atom. The number of carbonyl (C=O) groups is 1. The Morgan fingerprint density at radius 3 is 2.47 bits per heavy atom. The average molecular weight is 349 g/mol. The van der Waals surface area contributed by atoms with E-state index in [4.69, 9.17) is 5.11 Å². The Kier molecular flexibility index (Phi) is 5.15. The lowest BCUT2D eigenvalue weighted by molar-refractivity contribution is 0.0696. The molecule has 1 rings (SSSR count). The average Bonchev–Trinajstić information content (AvgIpc) is 2.32. The van der Waals surface area contributed by atoms with E-state index in [0.29, 0.717) is 16.5 Å². The molecule has 4 nitrogen and oxygen atoms in total. The highest BCUT2D eigenvalue weighted by atomic mass is 79.9. The van der Waals surface area contributed by atoms with Crippen LogP contribution in [0.4, 0.5) is 0 Å². The number of carboxylic acids is 1. The number of hydrogen-bond donors (Lipinski definition) is 1. The van der Waals surface area contributed by atoms with Crippen LogP contribution in [0.5, 0.6) is 0 Å². The van der Waals surface area contributed by atoms with E-state index in [-0.39, 0.29) is 10.5 Å². The van der Waals surface area contributed by atoms with Crippen molar-refractivity contribution in [2.75, 3.05) is 0 Å². The zero-order chi connectivity index (χ0) is 14.8. The first-order valence-electron chi connectivity index (χ1n) is 5.99. The van der Waals surface area contributed by atoms with Gasteiger partial charge in [-0.25, -0.2) is 13.2 Å². The summed E-state index contributed by atoms with van der Waals surface area (Å²) in [5.41, 5.74) is 0.521. The zero-order valence-electron chi connectivity index (χ0n) is 11.1. The third-order valence-electron chi connectivity index (χ3n) is 3.08. The Hall–Kier alpha value is -0.880. The van der Waals surface area contributed by atoms with E-state index in [9.17, 15) is 13.2 Å². The number of hydrogen-bond acceptors (Lipinski definition) is 3. The maximum Gasteiger partial charge on any atom is 0.335 e. The quantitative estimate of drug-likeness (QED) is 0.884. The SMILES string of the molecule is CCCC(C)S(=O)(=O)c1cc(C(=O)O)cc(Br)c1C. The van der Waals surface area contributed by atoms with Gasteiger partial charge < -0.3 is 5.11 Å². The van der Waals surface area contributed by atoms with Crippen molar-refractivity contribution in [1.29, 1.82) is 0 Å². The van der Waals surface area contributed by atoms with E-state index < -0.39 is 21.1 Å². The second-order valence-electron chi connectivity index (χ2n) is 4.53. The maximum atomic E-state index is 12.5. The lowest BCUT2D eigenvalue weighted by atomic mass is 10.1. The minimum absolute atomic E-state index is 0.0280. The topological polar surface area (TPSA) is 71.4 Å². The van der Waals surface area contributed by atoms with Crippen molar-refractivity contribution in [3.8, 4) is 0 Å². The standard InChI is InChI=1S/C13H17BrO4S/c1-4-5-8(2)19(17,18)12-7-10(13(15)16)6-11(14)9(12)3/h6-8H,4-5H2,1-3H3,(H,15,16). The van der Waals surface area contributed by atoms with Crippen LogP contribution in [0.3, 0.4) is 0 Å². The third kappa shape index (κ3) is 3.36. The normalized spacial score (nSPS) is 13.3. The van der Waals surface area contributed by atoms with Crippen LogP contribution in [0, 0.1) is 6.92 Å². The summed E-state index contributed by atoms with van der Waals surface area (Å²) in [6, 6.07) is 2.66. The summed E-state index contributed by atoms with van der Waals surface area (Å²) in [4.78, 5) is 11.1. The molecular weight excluding hydrogens is 332 g/mol. The van der Waals surface area contributed by atoms with E-state index in [1.54, 1.807) is 13.8 Å². The molecule has 0 radical (unpaired) electrons. The zero-order valence-corrected chi connectivity index (χ0v) is 13.5. The van der Waals surface area contributed by atoms with Crippen LogP contribution in [0.25, 0.3) is 0 Å². The van der Waals surface area contributed by atoms with Gasteiger partial charge in [0.2, 0.25) is 0 Å².